The monoisotopic (exact) mass is 503 g/mol. The molecule has 0 radical (unpaired) electrons. The molecule has 1 aliphatic rings. The van der Waals surface area contributed by atoms with Gasteiger partial charge < -0.3 is 25.4 Å². The van der Waals surface area contributed by atoms with Gasteiger partial charge in [-0.1, -0.05) is 0 Å². The first kappa shape index (κ1) is 25.8. The predicted octanol–water partition coefficient (Wildman–Crippen LogP) is 5.44. The largest absolute Gasteiger partial charge is 0.493 e. The molecule has 0 aliphatic heterocycles. The third-order valence-electron chi connectivity index (χ3n) is 6.39. The lowest BCUT2D eigenvalue weighted by atomic mass is 10.0. The third-order valence-corrected chi connectivity index (χ3v) is 6.39. The van der Waals surface area contributed by atoms with Gasteiger partial charge in [-0.3, -0.25) is 0 Å². The summed E-state index contributed by atoms with van der Waals surface area (Å²) in [6, 6.07) is 6.67. The highest BCUT2D eigenvalue weighted by molar-refractivity contribution is 5.92. The van der Waals surface area contributed by atoms with E-state index in [1.807, 2.05) is 20.2 Å². The molecule has 10 heteroatoms. The van der Waals surface area contributed by atoms with Crippen LogP contribution >= 0.6 is 0 Å². The molecule has 0 unspecified atom stereocenters. The first-order valence-corrected chi connectivity index (χ1v) is 11.8. The first-order chi connectivity index (χ1) is 16.9. The Morgan fingerprint density at radius 3 is 2.44 bits per heavy atom. The number of aromatic nitrogens is 2. The number of nitrogens with two attached hydrogens (primary N) is 1. The van der Waals surface area contributed by atoms with Gasteiger partial charge in [-0.2, -0.15) is 13.2 Å². The number of hydrogen-bond donors (Lipinski definition) is 2. The molecule has 0 amide bonds. The fourth-order valence-electron chi connectivity index (χ4n) is 4.44. The number of nitrogens with one attached hydrogen (secondary N) is 1. The van der Waals surface area contributed by atoms with Gasteiger partial charge in [0, 0.05) is 29.1 Å². The van der Waals surface area contributed by atoms with Crippen molar-refractivity contribution in [2.75, 3.05) is 45.4 Å². The highest BCUT2D eigenvalue weighted by Gasteiger charge is 2.44. The van der Waals surface area contributed by atoms with Gasteiger partial charge >= 0.3 is 6.18 Å². The van der Waals surface area contributed by atoms with E-state index in [1.165, 1.54) is 6.07 Å². The lowest BCUT2D eigenvalue weighted by molar-refractivity contribution is -0.137. The number of nitrogens with zero attached hydrogens (tertiary/aromatic N) is 3. The van der Waals surface area contributed by atoms with Crippen molar-refractivity contribution >= 4 is 22.4 Å². The van der Waals surface area contributed by atoms with E-state index in [1.54, 1.807) is 27.0 Å². The standard InChI is InChI=1S/C26H32F3N5O2/c1-15(17-8-18(26(27,28)29)10-19(30)9-17)31-24-20-11-23(36-14-25(6-7-25)13-34(3)4)22(35-5)12-21(20)32-16(2)33-24/h8-12,15H,6-7,13-14,30H2,1-5H3,(H,31,32,33)/t15-/m1/s1. The quantitative estimate of drug-likeness (QED) is 0.376. The lowest BCUT2D eigenvalue weighted by Crippen LogP contribution is -2.27. The van der Waals surface area contributed by atoms with E-state index in [0.717, 1.165) is 31.5 Å². The summed E-state index contributed by atoms with van der Waals surface area (Å²) in [6.07, 6.45) is -2.28. The Bertz CT molecular complexity index is 1260. The van der Waals surface area contributed by atoms with Gasteiger partial charge in [0.2, 0.25) is 0 Å². The second-order valence-electron chi connectivity index (χ2n) is 9.92. The van der Waals surface area contributed by atoms with E-state index in [-0.39, 0.29) is 11.1 Å². The molecular formula is C26H32F3N5O2. The van der Waals surface area contributed by atoms with Crippen molar-refractivity contribution < 1.29 is 22.6 Å². The number of ether oxygens (including phenoxy) is 2. The average Bonchev–Trinajstić information content (AvgIpc) is 3.54. The Morgan fingerprint density at radius 1 is 1.11 bits per heavy atom. The number of halogens is 3. The van der Waals surface area contributed by atoms with Crippen molar-refractivity contribution in [1.82, 2.24) is 14.9 Å². The van der Waals surface area contributed by atoms with Gasteiger partial charge in [-0.15, -0.1) is 0 Å². The number of rotatable bonds is 9. The summed E-state index contributed by atoms with van der Waals surface area (Å²) in [7, 11) is 5.68. The summed E-state index contributed by atoms with van der Waals surface area (Å²) < 4.78 is 51.8. The molecule has 0 bridgehead atoms. The third kappa shape index (κ3) is 5.75. The minimum absolute atomic E-state index is 0.0457. The van der Waals surface area contributed by atoms with Crippen LogP contribution in [-0.4, -0.2) is 49.2 Å². The molecule has 0 saturated heterocycles. The molecule has 3 aromatic rings. The number of fused-ring (bicyclic) bond motifs is 1. The van der Waals surface area contributed by atoms with Gasteiger partial charge in [0.1, 0.15) is 11.6 Å². The molecule has 1 heterocycles. The summed E-state index contributed by atoms with van der Waals surface area (Å²) in [5.74, 6) is 2.13. The molecule has 1 atom stereocenters. The summed E-state index contributed by atoms with van der Waals surface area (Å²) in [5, 5.41) is 3.93. The van der Waals surface area contributed by atoms with Crippen LogP contribution in [0.2, 0.25) is 0 Å². The topological polar surface area (TPSA) is 85.5 Å². The number of anilines is 2. The number of aryl methyl sites for hydroxylation is 1. The molecule has 4 rings (SSSR count). The molecule has 194 valence electrons. The van der Waals surface area contributed by atoms with Crippen molar-refractivity contribution in [1.29, 1.82) is 0 Å². The number of hydrogen-bond acceptors (Lipinski definition) is 7. The van der Waals surface area contributed by atoms with E-state index in [0.29, 0.717) is 46.2 Å². The maximum Gasteiger partial charge on any atom is 0.416 e. The maximum absolute atomic E-state index is 13.3. The SMILES string of the molecule is COc1cc2nc(C)nc(N[C@H](C)c3cc(N)cc(C(F)(F)F)c3)c2cc1OCC1(CN(C)C)CC1. The summed E-state index contributed by atoms with van der Waals surface area (Å²) in [6.45, 7) is 5.02. The molecule has 0 spiro atoms. The van der Waals surface area contributed by atoms with Crippen molar-refractivity contribution in [2.24, 2.45) is 5.41 Å². The number of alkyl halides is 3. The van der Waals surface area contributed by atoms with Crippen LogP contribution in [0.5, 0.6) is 11.5 Å². The smallest absolute Gasteiger partial charge is 0.416 e. The van der Waals surface area contributed by atoms with Gasteiger partial charge in [-0.25, -0.2) is 9.97 Å². The van der Waals surface area contributed by atoms with Crippen LogP contribution in [0.1, 0.15) is 42.8 Å². The molecular weight excluding hydrogens is 471 g/mol. The fourth-order valence-corrected chi connectivity index (χ4v) is 4.44. The Hall–Kier alpha value is -3.27. The molecule has 3 N–H and O–H groups in total. The van der Waals surface area contributed by atoms with Gasteiger partial charge in [0.25, 0.3) is 0 Å². The van der Waals surface area contributed by atoms with Crippen molar-refractivity contribution in [3.05, 3.63) is 47.3 Å². The summed E-state index contributed by atoms with van der Waals surface area (Å²) in [5.41, 5.74) is 6.20. The van der Waals surface area contributed by atoms with Crippen molar-refractivity contribution in [3.8, 4) is 11.5 Å². The summed E-state index contributed by atoms with van der Waals surface area (Å²) in [4.78, 5) is 11.2. The minimum Gasteiger partial charge on any atom is -0.493 e. The van der Waals surface area contributed by atoms with Crippen LogP contribution in [0.4, 0.5) is 24.7 Å². The van der Waals surface area contributed by atoms with Crippen molar-refractivity contribution in [2.45, 2.75) is 38.9 Å². The van der Waals surface area contributed by atoms with Crippen LogP contribution in [-0.2, 0) is 6.18 Å². The molecule has 1 saturated carbocycles. The molecule has 1 fully saturated rings. The highest BCUT2D eigenvalue weighted by Crippen LogP contribution is 2.47. The van der Waals surface area contributed by atoms with Crippen LogP contribution in [0.25, 0.3) is 10.9 Å². The molecule has 1 aromatic heterocycles. The van der Waals surface area contributed by atoms with E-state index in [2.05, 4.69) is 20.2 Å². The molecule has 7 nitrogen and oxygen atoms in total. The number of nitrogen functional groups attached to an aromatic ring is 1. The zero-order chi connectivity index (χ0) is 26.3. The molecule has 1 aliphatic carbocycles. The first-order valence-electron chi connectivity index (χ1n) is 11.8. The predicted molar refractivity (Wildman–Crippen MR) is 134 cm³/mol. The second-order valence-corrected chi connectivity index (χ2v) is 9.92. The molecule has 2 aromatic carbocycles. The summed E-state index contributed by atoms with van der Waals surface area (Å²) >= 11 is 0. The van der Waals surface area contributed by atoms with Crippen LogP contribution in [0.15, 0.2) is 30.3 Å². The van der Waals surface area contributed by atoms with E-state index in [4.69, 9.17) is 15.2 Å². The zero-order valence-corrected chi connectivity index (χ0v) is 21.2. The Kier molecular flexibility index (Phi) is 6.92. The van der Waals surface area contributed by atoms with E-state index >= 15 is 0 Å². The normalized spacial score (nSPS) is 15.7. The highest BCUT2D eigenvalue weighted by atomic mass is 19.4. The van der Waals surface area contributed by atoms with Crippen LogP contribution in [0, 0.1) is 12.3 Å². The minimum atomic E-state index is -4.49. The second kappa shape index (κ2) is 9.65. The van der Waals surface area contributed by atoms with E-state index in [9.17, 15) is 13.2 Å². The Balaban J connectivity index is 1.66. The maximum atomic E-state index is 13.3. The zero-order valence-electron chi connectivity index (χ0n) is 21.2. The van der Waals surface area contributed by atoms with Crippen molar-refractivity contribution in [3.63, 3.8) is 0 Å². The Morgan fingerprint density at radius 2 is 1.83 bits per heavy atom. The van der Waals surface area contributed by atoms with Gasteiger partial charge in [-0.05, 0) is 70.6 Å². The fraction of sp³-hybridized carbons (Fsp3) is 0.462. The van der Waals surface area contributed by atoms with Gasteiger partial charge in [0.15, 0.2) is 11.5 Å². The van der Waals surface area contributed by atoms with Gasteiger partial charge in [0.05, 0.1) is 30.8 Å². The van der Waals surface area contributed by atoms with Crippen LogP contribution < -0.4 is 20.5 Å². The average molecular weight is 504 g/mol. The number of methoxy groups -OCH3 is 1. The lowest BCUT2D eigenvalue weighted by Gasteiger charge is -2.22. The number of benzene rings is 2. The molecule has 36 heavy (non-hydrogen) atoms. The Labute approximate surface area is 208 Å². The van der Waals surface area contributed by atoms with Crippen LogP contribution in [0.3, 0.4) is 0 Å². The van der Waals surface area contributed by atoms with E-state index < -0.39 is 17.8 Å².